The number of hydrogen-bond acceptors (Lipinski definition) is 2. The largest absolute Gasteiger partial charge is 0.494 e. The van der Waals surface area contributed by atoms with E-state index in [0.717, 1.165) is 12.2 Å². The standard InChI is InChI=1S/C12H22O2/c1-11(2)5-4-6-12(3)7-9-14-10-8-13/h7-9,11-12H,4-6,10H2,1-3H3. The molecule has 2 heteroatoms. The third-order valence-electron chi connectivity index (χ3n) is 2.11. The molecule has 1 atom stereocenters. The first-order valence-corrected chi connectivity index (χ1v) is 5.38. The number of hydrogen-bond donors (Lipinski definition) is 0. The zero-order valence-electron chi connectivity index (χ0n) is 9.53. The Morgan fingerprint density at radius 3 is 2.50 bits per heavy atom. The van der Waals surface area contributed by atoms with Crippen LogP contribution in [0.4, 0.5) is 0 Å². The predicted octanol–water partition coefficient (Wildman–Crippen LogP) is 3.18. The van der Waals surface area contributed by atoms with Gasteiger partial charge in [-0.2, -0.15) is 0 Å². The van der Waals surface area contributed by atoms with E-state index >= 15 is 0 Å². The molecule has 0 aromatic heterocycles. The Hall–Kier alpha value is -0.790. The summed E-state index contributed by atoms with van der Waals surface area (Å²) in [7, 11) is 0. The van der Waals surface area contributed by atoms with Crippen LogP contribution in [0.2, 0.25) is 0 Å². The lowest BCUT2D eigenvalue weighted by molar-refractivity contribution is -0.110. The normalized spacial score (nSPS) is 13.4. The van der Waals surface area contributed by atoms with Gasteiger partial charge in [0.25, 0.3) is 0 Å². The zero-order chi connectivity index (χ0) is 10.8. The van der Waals surface area contributed by atoms with Gasteiger partial charge in [-0.1, -0.05) is 33.6 Å². The summed E-state index contributed by atoms with van der Waals surface area (Å²) < 4.78 is 4.93. The topological polar surface area (TPSA) is 26.3 Å². The van der Waals surface area contributed by atoms with Crippen LogP contribution < -0.4 is 0 Å². The Balaban J connectivity index is 3.39. The van der Waals surface area contributed by atoms with Crippen molar-refractivity contribution in [2.45, 2.75) is 40.0 Å². The summed E-state index contributed by atoms with van der Waals surface area (Å²) in [6.07, 6.45) is 8.15. The van der Waals surface area contributed by atoms with Gasteiger partial charge in [0.2, 0.25) is 0 Å². The van der Waals surface area contributed by atoms with Crippen molar-refractivity contribution in [1.29, 1.82) is 0 Å². The average Bonchev–Trinajstić information content (AvgIpc) is 2.12. The van der Waals surface area contributed by atoms with E-state index in [2.05, 4.69) is 20.8 Å². The van der Waals surface area contributed by atoms with E-state index in [9.17, 15) is 4.79 Å². The molecule has 0 aromatic carbocycles. The molecule has 2 nitrogen and oxygen atoms in total. The van der Waals surface area contributed by atoms with Crippen molar-refractivity contribution in [3.8, 4) is 0 Å². The number of rotatable bonds is 8. The van der Waals surface area contributed by atoms with E-state index in [-0.39, 0.29) is 6.61 Å². The van der Waals surface area contributed by atoms with Gasteiger partial charge < -0.3 is 4.74 Å². The summed E-state index contributed by atoms with van der Waals surface area (Å²) in [6.45, 7) is 6.82. The minimum atomic E-state index is 0.162. The molecule has 0 rings (SSSR count). The number of carbonyl (C=O) groups excluding carboxylic acids is 1. The molecule has 0 spiro atoms. The van der Waals surface area contributed by atoms with Crippen LogP contribution in [0.15, 0.2) is 12.3 Å². The van der Waals surface area contributed by atoms with Crippen molar-refractivity contribution >= 4 is 6.29 Å². The van der Waals surface area contributed by atoms with Gasteiger partial charge in [0, 0.05) is 0 Å². The van der Waals surface area contributed by atoms with E-state index in [4.69, 9.17) is 4.74 Å². The highest BCUT2D eigenvalue weighted by Gasteiger charge is 1.98. The number of ether oxygens (including phenoxy) is 1. The van der Waals surface area contributed by atoms with Gasteiger partial charge in [-0.3, -0.25) is 4.79 Å². The fourth-order valence-electron chi connectivity index (χ4n) is 1.23. The Morgan fingerprint density at radius 2 is 1.93 bits per heavy atom. The van der Waals surface area contributed by atoms with Gasteiger partial charge in [0.15, 0.2) is 6.29 Å². The molecule has 0 N–H and O–H groups in total. The van der Waals surface area contributed by atoms with E-state index in [1.54, 1.807) is 6.26 Å². The van der Waals surface area contributed by atoms with Crippen LogP contribution in [-0.4, -0.2) is 12.9 Å². The predicted molar refractivity (Wildman–Crippen MR) is 59.0 cm³/mol. The summed E-state index contributed by atoms with van der Waals surface area (Å²) in [5, 5.41) is 0. The molecule has 0 saturated heterocycles. The second kappa shape index (κ2) is 8.79. The Morgan fingerprint density at radius 1 is 1.21 bits per heavy atom. The minimum absolute atomic E-state index is 0.162. The molecule has 0 heterocycles. The van der Waals surface area contributed by atoms with E-state index in [1.165, 1.54) is 19.3 Å². The van der Waals surface area contributed by atoms with Gasteiger partial charge in [0.1, 0.15) is 6.61 Å². The van der Waals surface area contributed by atoms with Gasteiger partial charge >= 0.3 is 0 Å². The first kappa shape index (κ1) is 13.2. The van der Waals surface area contributed by atoms with Gasteiger partial charge in [0.05, 0.1) is 6.26 Å². The molecule has 0 aliphatic heterocycles. The number of aldehydes is 1. The summed E-state index contributed by atoms with van der Waals surface area (Å²) in [4.78, 5) is 9.94. The van der Waals surface area contributed by atoms with Crippen LogP contribution in [0.25, 0.3) is 0 Å². The molecule has 0 aromatic rings. The van der Waals surface area contributed by atoms with Crippen LogP contribution in [0.1, 0.15) is 40.0 Å². The molecule has 1 unspecified atom stereocenters. The zero-order valence-corrected chi connectivity index (χ0v) is 9.53. The molecular weight excluding hydrogens is 176 g/mol. The summed E-state index contributed by atoms with van der Waals surface area (Å²) in [5.74, 6) is 1.33. The summed E-state index contributed by atoms with van der Waals surface area (Å²) in [6, 6.07) is 0. The Labute approximate surface area is 87.3 Å². The molecule has 0 radical (unpaired) electrons. The Kier molecular flexibility index (Phi) is 8.30. The Bertz CT molecular complexity index is 162. The molecule has 0 aliphatic rings. The van der Waals surface area contributed by atoms with Crippen molar-refractivity contribution in [2.24, 2.45) is 11.8 Å². The highest BCUT2D eigenvalue weighted by Crippen LogP contribution is 2.13. The highest BCUT2D eigenvalue weighted by molar-refractivity contribution is 5.50. The molecule has 0 amide bonds. The lowest BCUT2D eigenvalue weighted by Crippen LogP contribution is -1.94. The third-order valence-corrected chi connectivity index (χ3v) is 2.11. The van der Waals surface area contributed by atoms with Crippen molar-refractivity contribution in [1.82, 2.24) is 0 Å². The second-order valence-electron chi connectivity index (χ2n) is 4.13. The van der Waals surface area contributed by atoms with Gasteiger partial charge in [-0.05, 0) is 24.3 Å². The molecule has 82 valence electrons. The maximum atomic E-state index is 9.94. The number of carbonyl (C=O) groups is 1. The number of allylic oxidation sites excluding steroid dienone is 1. The maximum Gasteiger partial charge on any atom is 0.157 e. The molecule has 0 saturated carbocycles. The maximum absolute atomic E-state index is 9.94. The first-order chi connectivity index (χ1) is 6.66. The SMILES string of the molecule is CC(C)CCCC(C)C=COCC=O. The van der Waals surface area contributed by atoms with Crippen molar-refractivity contribution < 1.29 is 9.53 Å². The third kappa shape index (κ3) is 9.30. The van der Waals surface area contributed by atoms with E-state index in [1.807, 2.05) is 6.08 Å². The summed E-state index contributed by atoms with van der Waals surface area (Å²) >= 11 is 0. The van der Waals surface area contributed by atoms with E-state index in [0.29, 0.717) is 5.92 Å². The van der Waals surface area contributed by atoms with Gasteiger partial charge in [-0.15, -0.1) is 0 Å². The smallest absolute Gasteiger partial charge is 0.157 e. The van der Waals surface area contributed by atoms with Crippen molar-refractivity contribution in [2.75, 3.05) is 6.61 Å². The van der Waals surface area contributed by atoms with Crippen molar-refractivity contribution in [3.05, 3.63) is 12.3 Å². The molecular formula is C12H22O2. The highest BCUT2D eigenvalue weighted by atomic mass is 16.5. The lowest BCUT2D eigenvalue weighted by Gasteiger charge is -2.07. The quantitative estimate of drug-likeness (QED) is 0.340. The fourth-order valence-corrected chi connectivity index (χ4v) is 1.23. The monoisotopic (exact) mass is 198 g/mol. The van der Waals surface area contributed by atoms with Crippen LogP contribution >= 0.6 is 0 Å². The van der Waals surface area contributed by atoms with Crippen LogP contribution in [0.3, 0.4) is 0 Å². The second-order valence-corrected chi connectivity index (χ2v) is 4.13. The van der Waals surface area contributed by atoms with Gasteiger partial charge in [-0.25, -0.2) is 0 Å². The van der Waals surface area contributed by atoms with Crippen molar-refractivity contribution in [3.63, 3.8) is 0 Å². The molecule has 0 fully saturated rings. The summed E-state index contributed by atoms with van der Waals surface area (Å²) in [5.41, 5.74) is 0. The molecule has 0 aliphatic carbocycles. The average molecular weight is 198 g/mol. The fraction of sp³-hybridized carbons (Fsp3) is 0.750. The minimum Gasteiger partial charge on any atom is -0.494 e. The van der Waals surface area contributed by atoms with Crippen LogP contribution in [-0.2, 0) is 9.53 Å². The lowest BCUT2D eigenvalue weighted by atomic mass is 10.00. The first-order valence-electron chi connectivity index (χ1n) is 5.38. The molecule has 0 bridgehead atoms. The van der Waals surface area contributed by atoms with Crippen LogP contribution in [0.5, 0.6) is 0 Å². The van der Waals surface area contributed by atoms with Crippen LogP contribution in [0, 0.1) is 11.8 Å². The van der Waals surface area contributed by atoms with E-state index < -0.39 is 0 Å². The molecule has 14 heavy (non-hydrogen) atoms.